The molecule has 1 aliphatic rings. The molecule has 2 nitrogen and oxygen atoms in total. The Morgan fingerprint density at radius 3 is 3.00 bits per heavy atom. The number of hydrogen-bond donors (Lipinski definition) is 0. The van der Waals surface area contributed by atoms with Crippen LogP contribution in [0.2, 0.25) is 0 Å². The lowest BCUT2D eigenvalue weighted by Crippen LogP contribution is -2.27. The summed E-state index contributed by atoms with van der Waals surface area (Å²) >= 11 is 0. The Kier molecular flexibility index (Phi) is 2.49. The summed E-state index contributed by atoms with van der Waals surface area (Å²) in [6, 6.07) is 0.178. The van der Waals surface area contributed by atoms with E-state index in [9.17, 15) is 0 Å². The molecule has 9 heavy (non-hydrogen) atoms. The van der Waals surface area contributed by atoms with Crippen LogP contribution < -0.4 is 5.73 Å². The van der Waals surface area contributed by atoms with Crippen LogP contribution in [0, 0.1) is 0 Å². The number of rotatable bonds is 0. The molecular weight excluding hydrogens is 112 g/mol. The summed E-state index contributed by atoms with van der Waals surface area (Å²) in [6.45, 7) is 2.16. The van der Waals surface area contributed by atoms with E-state index in [0.717, 1.165) is 13.0 Å². The molecule has 1 atom stereocenters. The van der Waals surface area contributed by atoms with Crippen LogP contribution in [0.3, 0.4) is 0 Å². The van der Waals surface area contributed by atoms with Gasteiger partial charge in [0.25, 0.3) is 0 Å². The monoisotopic (exact) mass is 127 g/mol. The van der Waals surface area contributed by atoms with Gasteiger partial charge in [0.05, 0.1) is 0 Å². The van der Waals surface area contributed by atoms with Gasteiger partial charge < -0.3 is 4.90 Å². The van der Waals surface area contributed by atoms with Crippen molar-refractivity contribution in [3.05, 3.63) is 0 Å². The van der Waals surface area contributed by atoms with Crippen molar-refractivity contribution >= 4 is 0 Å². The maximum Gasteiger partial charge on any atom is 0.0340 e. The van der Waals surface area contributed by atoms with Crippen LogP contribution >= 0.6 is 0 Å². The molecule has 1 aliphatic heterocycles. The summed E-state index contributed by atoms with van der Waals surface area (Å²) in [4.78, 5) is 2.25. The predicted molar refractivity (Wildman–Crippen MR) is 38.2 cm³/mol. The van der Waals surface area contributed by atoms with Gasteiger partial charge in [-0.05, 0) is 26.4 Å². The smallest absolute Gasteiger partial charge is 0.0340 e. The third-order valence-electron chi connectivity index (χ3n) is 1.87. The molecule has 0 saturated carbocycles. The van der Waals surface area contributed by atoms with E-state index in [4.69, 9.17) is 5.73 Å². The number of likely N-dealkylation sites (tertiary alicyclic amines) is 1. The number of likely N-dealkylation sites (N-methyl/N-ethyl adjacent to an activating group) is 1. The molecule has 0 aliphatic carbocycles. The minimum absolute atomic E-state index is 0.178. The third kappa shape index (κ3) is 2.33. The number of nitrogens with zero attached hydrogens (tertiary/aromatic N) is 1. The predicted octanol–water partition coefficient (Wildman–Crippen LogP) is 0.754. The van der Waals surface area contributed by atoms with E-state index in [1.54, 1.807) is 0 Å². The molecule has 0 aromatic rings. The van der Waals surface area contributed by atoms with Crippen LogP contribution in [0.4, 0.5) is 0 Å². The Morgan fingerprint density at radius 1 is 1.44 bits per heavy atom. The summed E-state index contributed by atoms with van der Waals surface area (Å²) < 4.78 is 0. The molecule has 0 bridgehead atoms. The zero-order valence-corrected chi connectivity index (χ0v) is 6.06. The Balaban J connectivity index is 2.29. The van der Waals surface area contributed by atoms with Crippen LogP contribution in [-0.2, 0) is 0 Å². The second-order valence-electron chi connectivity index (χ2n) is 2.95. The first-order valence-corrected chi connectivity index (χ1v) is 3.68. The molecule has 0 amide bonds. The highest BCUT2D eigenvalue weighted by Gasteiger charge is 2.10. The van der Waals surface area contributed by atoms with E-state index in [-0.39, 0.29) is 6.04 Å². The third-order valence-corrected chi connectivity index (χ3v) is 1.87. The van der Waals surface area contributed by atoms with E-state index in [2.05, 4.69) is 11.9 Å². The SMILES string of the molecule is CN1CCCCC([NH])C1. The molecule has 2 heteroatoms. The largest absolute Gasteiger partial charge is 0.305 e. The van der Waals surface area contributed by atoms with Gasteiger partial charge in [0.15, 0.2) is 0 Å². The summed E-state index contributed by atoms with van der Waals surface area (Å²) in [5, 5.41) is 0. The molecule has 1 heterocycles. The first-order chi connectivity index (χ1) is 4.29. The van der Waals surface area contributed by atoms with Gasteiger partial charge in [-0.1, -0.05) is 6.42 Å². The lowest BCUT2D eigenvalue weighted by molar-refractivity contribution is 0.330. The van der Waals surface area contributed by atoms with Gasteiger partial charge in [0.1, 0.15) is 0 Å². The molecule has 1 fully saturated rings. The van der Waals surface area contributed by atoms with Crippen molar-refractivity contribution in [2.75, 3.05) is 20.1 Å². The fourth-order valence-electron chi connectivity index (χ4n) is 1.33. The quantitative estimate of drug-likeness (QED) is 0.472. The van der Waals surface area contributed by atoms with Crippen LogP contribution in [0.25, 0.3) is 0 Å². The Morgan fingerprint density at radius 2 is 2.22 bits per heavy atom. The molecule has 1 saturated heterocycles. The van der Waals surface area contributed by atoms with Crippen molar-refractivity contribution in [2.45, 2.75) is 25.3 Å². The molecule has 0 spiro atoms. The van der Waals surface area contributed by atoms with E-state index in [0.29, 0.717) is 0 Å². The number of hydrogen-bond acceptors (Lipinski definition) is 1. The second kappa shape index (κ2) is 3.18. The van der Waals surface area contributed by atoms with Gasteiger partial charge in [-0.2, -0.15) is 0 Å². The molecule has 1 rings (SSSR count). The lowest BCUT2D eigenvalue weighted by Gasteiger charge is -2.14. The van der Waals surface area contributed by atoms with E-state index >= 15 is 0 Å². The topological polar surface area (TPSA) is 27.0 Å². The zero-order chi connectivity index (χ0) is 6.69. The van der Waals surface area contributed by atoms with Crippen molar-refractivity contribution in [3.8, 4) is 0 Å². The first kappa shape index (κ1) is 7.03. The van der Waals surface area contributed by atoms with Gasteiger partial charge >= 0.3 is 0 Å². The maximum absolute atomic E-state index is 7.50. The lowest BCUT2D eigenvalue weighted by atomic mass is 10.2. The summed E-state index contributed by atoms with van der Waals surface area (Å²) in [5.74, 6) is 0. The standard InChI is InChI=1S/C7H15N2/c1-9-5-3-2-4-7(8)6-9/h7-8H,2-6H2,1H3. The van der Waals surface area contributed by atoms with Crippen molar-refractivity contribution in [2.24, 2.45) is 0 Å². The normalized spacial score (nSPS) is 32.0. The van der Waals surface area contributed by atoms with E-state index in [1.165, 1.54) is 19.4 Å². The molecule has 1 unspecified atom stereocenters. The number of nitrogens with one attached hydrogen (secondary N) is 1. The minimum atomic E-state index is 0.178. The van der Waals surface area contributed by atoms with Gasteiger partial charge in [-0.3, -0.25) is 5.73 Å². The highest BCUT2D eigenvalue weighted by Crippen LogP contribution is 2.07. The minimum Gasteiger partial charge on any atom is -0.305 e. The summed E-state index contributed by atoms with van der Waals surface area (Å²) in [7, 11) is 2.10. The van der Waals surface area contributed by atoms with Gasteiger partial charge in [-0.25, -0.2) is 0 Å². The van der Waals surface area contributed by atoms with E-state index in [1.807, 2.05) is 0 Å². The summed E-state index contributed by atoms with van der Waals surface area (Å²) in [6.07, 6.45) is 3.63. The molecular formula is C7H15N2. The average molecular weight is 127 g/mol. The van der Waals surface area contributed by atoms with Crippen LogP contribution in [0.15, 0.2) is 0 Å². The van der Waals surface area contributed by atoms with Gasteiger partial charge in [0, 0.05) is 12.6 Å². The highest BCUT2D eigenvalue weighted by atomic mass is 15.1. The van der Waals surface area contributed by atoms with Crippen molar-refractivity contribution in [1.82, 2.24) is 10.6 Å². The van der Waals surface area contributed by atoms with Crippen LogP contribution in [0.1, 0.15) is 19.3 Å². The molecule has 53 valence electrons. The average Bonchev–Trinajstić information content (AvgIpc) is 1.93. The Hall–Kier alpha value is -0.0800. The Bertz CT molecular complexity index is 73.0. The molecule has 1 radical (unpaired) electrons. The molecule has 1 N–H and O–H groups in total. The summed E-state index contributed by atoms with van der Waals surface area (Å²) in [5.41, 5.74) is 7.50. The van der Waals surface area contributed by atoms with E-state index < -0.39 is 0 Å². The zero-order valence-electron chi connectivity index (χ0n) is 6.06. The second-order valence-corrected chi connectivity index (χ2v) is 2.95. The fourth-order valence-corrected chi connectivity index (χ4v) is 1.33. The van der Waals surface area contributed by atoms with Crippen molar-refractivity contribution < 1.29 is 0 Å². The van der Waals surface area contributed by atoms with Gasteiger partial charge in [-0.15, -0.1) is 0 Å². The first-order valence-electron chi connectivity index (χ1n) is 3.68. The Labute approximate surface area is 57.0 Å². The van der Waals surface area contributed by atoms with Crippen molar-refractivity contribution in [3.63, 3.8) is 0 Å². The van der Waals surface area contributed by atoms with Crippen LogP contribution in [-0.4, -0.2) is 31.1 Å². The van der Waals surface area contributed by atoms with Crippen molar-refractivity contribution in [1.29, 1.82) is 0 Å². The van der Waals surface area contributed by atoms with Crippen LogP contribution in [0.5, 0.6) is 0 Å². The maximum atomic E-state index is 7.50. The molecule has 0 aromatic carbocycles. The fraction of sp³-hybridized carbons (Fsp3) is 1.00. The highest BCUT2D eigenvalue weighted by molar-refractivity contribution is 4.69. The molecule has 0 aromatic heterocycles. The van der Waals surface area contributed by atoms with Gasteiger partial charge in [0.2, 0.25) is 0 Å².